The molecular weight excluding hydrogens is 78.0 g/mol. The molecule has 4 heavy (non-hydrogen) atoms. The fourth-order valence-electron chi connectivity index (χ4n) is 0. The van der Waals surface area contributed by atoms with Crippen LogP contribution in [-0.4, -0.2) is 0 Å². The molecule has 0 spiro atoms. The van der Waals surface area contributed by atoms with E-state index in [1.807, 2.05) is 0 Å². The second kappa shape index (κ2) is 2.96. The Bertz CT molecular complexity index is 21.2. The lowest BCUT2D eigenvalue weighted by Gasteiger charge is -1.43. The van der Waals surface area contributed by atoms with Gasteiger partial charge in [0.1, 0.15) is 0 Å². The molecule has 2 heteroatoms. The monoisotopic (exact) mass is 80.0 g/mol. The fraction of sp³-hybridized carbons (Fsp3) is 0. The van der Waals surface area contributed by atoms with Crippen molar-refractivity contribution in [1.82, 2.24) is 0 Å². The van der Waals surface area contributed by atoms with Crippen LogP contribution < -0.4 is 0 Å². The molecule has 0 N–H and O–H groups in total. The normalized spacial score (nSPS) is 9.50. The van der Waals surface area contributed by atoms with Gasteiger partial charge < -0.3 is 0 Å². The van der Waals surface area contributed by atoms with Gasteiger partial charge in [0.15, 0.2) is 0 Å². The first kappa shape index (κ1) is 3.96. The number of halogens is 2. The number of hydrogen-bond donors (Lipinski definition) is 0. The molecule has 0 nitrogen and oxygen atoms in total. The Labute approximate surface area is 28.9 Å². The van der Waals surface area contributed by atoms with Crippen molar-refractivity contribution in [1.29, 1.82) is 0 Å². The van der Waals surface area contributed by atoms with E-state index in [4.69, 9.17) is 0 Å². The topological polar surface area (TPSA) is 0 Å². The quantitative estimate of drug-likeness (QED) is 0.415. The Morgan fingerprint density at radius 1 is 1.75 bits per heavy atom. The molecule has 0 unspecified atom stereocenters. The molecule has 0 fully saturated rings. The molecule has 24 valence electrons. The third-order valence-electron chi connectivity index (χ3n) is 0.0476. The lowest BCUT2D eigenvalue weighted by molar-refractivity contribution is 0.723. The molecule has 0 saturated heterocycles. The van der Waals surface area contributed by atoms with Crippen LogP contribution in [0.4, 0.5) is 4.39 Å². The molecule has 0 aliphatic rings. The highest BCUT2D eigenvalue weighted by molar-refractivity contribution is 6.25. The van der Waals surface area contributed by atoms with Gasteiger partial charge in [-0.25, -0.2) is 4.39 Å². The second-order valence-corrected chi connectivity index (χ2v) is 0.504. The van der Waals surface area contributed by atoms with E-state index in [2.05, 4.69) is 11.6 Å². The van der Waals surface area contributed by atoms with E-state index >= 15 is 0 Å². The molecule has 0 aromatic carbocycles. The van der Waals surface area contributed by atoms with Gasteiger partial charge in [-0.2, -0.15) is 0 Å². The maximum atomic E-state index is 10.4. The highest BCUT2D eigenvalue weighted by Crippen LogP contribution is 1.73. The van der Waals surface area contributed by atoms with Crippen LogP contribution in [0.25, 0.3) is 0 Å². The summed E-state index contributed by atoms with van der Waals surface area (Å²) < 4.78 is 10.4. The standard InChI is InChI=1S/C2H2ClF/c3-1-2-4/h1-2H/b2-1+/i3+0. The van der Waals surface area contributed by atoms with Gasteiger partial charge in [-0.3, -0.25) is 0 Å². The minimum Gasteiger partial charge on any atom is -0.215 e. The third-order valence-corrected chi connectivity index (χ3v) is 0.143. The summed E-state index contributed by atoms with van der Waals surface area (Å²) in [6, 6.07) is 0. The Morgan fingerprint density at radius 2 is 2.00 bits per heavy atom. The summed E-state index contributed by atoms with van der Waals surface area (Å²) in [5.41, 5.74) is 0.806. The predicted octanol–water partition coefficient (Wildman–Crippen LogP) is 1.67. The van der Waals surface area contributed by atoms with E-state index in [-0.39, 0.29) is 6.33 Å². The molecular formula is C2H2ClF. The van der Waals surface area contributed by atoms with Crippen LogP contribution in [-0.2, 0) is 0 Å². The van der Waals surface area contributed by atoms with Crippen LogP contribution >= 0.6 is 11.6 Å². The molecule has 0 aromatic heterocycles. The molecule has 0 heterocycles. The van der Waals surface area contributed by atoms with E-state index in [1.165, 1.54) is 0 Å². The number of rotatable bonds is 0. The second-order valence-electron chi connectivity index (χ2n) is 0.252. The van der Waals surface area contributed by atoms with Crippen molar-refractivity contribution in [3.05, 3.63) is 11.9 Å². The zero-order valence-corrected chi connectivity index (χ0v) is 2.67. The summed E-state index contributed by atoms with van der Waals surface area (Å²) in [6.07, 6.45) is 0.265. The molecule has 0 aliphatic heterocycles. The van der Waals surface area contributed by atoms with Crippen molar-refractivity contribution in [2.45, 2.75) is 0 Å². The first-order chi connectivity index (χ1) is 1.91. The maximum Gasteiger partial charge on any atom is 0.0979 e. The van der Waals surface area contributed by atoms with Crippen molar-refractivity contribution in [2.75, 3.05) is 0 Å². The summed E-state index contributed by atoms with van der Waals surface area (Å²) >= 11 is 4.63. The van der Waals surface area contributed by atoms with E-state index < -0.39 is 0 Å². The van der Waals surface area contributed by atoms with E-state index in [1.54, 1.807) is 0 Å². The molecule has 0 radical (unpaired) electrons. The minimum atomic E-state index is 0.265. The van der Waals surface area contributed by atoms with Gasteiger partial charge in [-0.1, -0.05) is 11.6 Å². The Morgan fingerprint density at radius 3 is 2.00 bits per heavy atom. The Kier molecular flexibility index (Phi) is 2.93. The minimum absolute atomic E-state index is 0.265. The molecule has 0 bridgehead atoms. The maximum absolute atomic E-state index is 10.4. The average molecular weight is 80.0 g/mol. The molecule has 0 aromatic rings. The lowest BCUT2D eigenvalue weighted by atomic mass is 11.2. The molecule has 0 aliphatic carbocycles. The van der Waals surface area contributed by atoms with Crippen LogP contribution in [0.3, 0.4) is 0 Å². The van der Waals surface area contributed by atoms with Gasteiger partial charge in [0.05, 0.1) is 6.33 Å². The van der Waals surface area contributed by atoms with Crippen LogP contribution in [0.1, 0.15) is 0 Å². The van der Waals surface area contributed by atoms with Crippen molar-refractivity contribution in [2.24, 2.45) is 0 Å². The predicted molar refractivity (Wildman–Crippen MR) is 16.1 cm³/mol. The van der Waals surface area contributed by atoms with Gasteiger partial charge in [0.2, 0.25) is 0 Å². The first-order valence-electron chi connectivity index (χ1n) is 0.770. The van der Waals surface area contributed by atoms with Gasteiger partial charge in [-0.15, -0.1) is 0 Å². The zero-order chi connectivity index (χ0) is 3.41. The average Bonchev–Trinajstić information content (AvgIpc) is 1.37. The van der Waals surface area contributed by atoms with Crippen molar-refractivity contribution < 1.29 is 4.39 Å². The SMILES string of the molecule is F/C=C/[35Cl]. The third kappa shape index (κ3) is 1.96. The summed E-state index contributed by atoms with van der Waals surface area (Å²) in [6.45, 7) is 0. The van der Waals surface area contributed by atoms with Crippen molar-refractivity contribution in [3.8, 4) is 0 Å². The Hall–Kier alpha value is -0.0400. The van der Waals surface area contributed by atoms with E-state index in [9.17, 15) is 4.39 Å². The molecule has 0 atom stereocenters. The van der Waals surface area contributed by atoms with E-state index in [0.29, 0.717) is 0 Å². The Balaban J connectivity index is 2.55. The van der Waals surface area contributed by atoms with Gasteiger partial charge in [0.25, 0.3) is 0 Å². The lowest BCUT2D eigenvalue weighted by Crippen LogP contribution is -1.14. The summed E-state index contributed by atoms with van der Waals surface area (Å²) in [5.74, 6) is 0. The van der Waals surface area contributed by atoms with Gasteiger partial charge in [0, 0.05) is 5.54 Å². The molecule has 0 amide bonds. The molecule has 0 saturated carbocycles. The first-order valence-corrected chi connectivity index (χ1v) is 1.21. The van der Waals surface area contributed by atoms with Gasteiger partial charge in [-0.05, 0) is 0 Å². The smallest absolute Gasteiger partial charge is 0.0979 e. The van der Waals surface area contributed by atoms with Crippen molar-refractivity contribution >= 4 is 11.6 Å². The highest BCUT2D eigenvalue weighted by atomic mass is 35.0. The number of hydrogen-bond acceptors (Lipinski definition) is 0. The summed E-state index contributed by atoms with van der Waals surface area (Å²) in [5, 5.41) is 0. The van der Waals surface area contributed by atoms with Crippen LogP contribution in [0.2, 0.25) is 0 Å². The molecule has 0 rings (SSSR count). The summed E-state index contributed by atoms with van der Waals surface area (Å²) in [7, 11) is 0. The van der Waals surface area contributed by atoms with Crippen LogP contribution in [0.15, 0.2) is 11.9 Å². The zero-order valence-electron chi connectivity index (χ0n) is 1.91. The highest BCUT2D eigenvalue weighted by Gasteiger charge is 1.41. The van der Waals surface area contributed by atoms with Crippen LogP contribution in [0, 0.1) is 0 Å². The van der Waals surface area contributed by atoms with Gasteiger partial charge >= 0.3 is 0 Å². The largest absolute Gasteiger partial charge is 0.215 e. The summed E-state index contributed by atoms with van der Waals surface area (Å²) in [4.78, 5) is 0. The van der Waals surface area contributed by atoms with Crippen LogP contribution in [0.5, 0.6) is 0 Å². The van der Waals surface area contributed by atoms with Crippen molar-refractivity contribution in [3.63, 3.8) is 0 Å². The fourth-order valence-corrected chi connectivity index (χ4v) is 0. The van der Waals surface area contributed by atoms with E-state index in [0.717, 1.165) is 5.54 Å².